The molecular formula is C31H36N2O6S. The Bertz CT molecular complexity index is 1400. The largest absolute Gasteiger partial charge is 0.497 e. The molecular weight excluding hydrogens is 528 g/mol. The molecule has 2 aliphatic heterocycles. The minimum absolute atomic E-state index is 0.0985. The van der Waals surface area contributed by atoms with Gasteiger partial charge < -0.3 is 19.5 Å². The topological polar surface area (TPSA) is 96.4 Å². The molecule has 2 heterocycles. The second-order valence-corrected chi connectivity index (χ2v) is 12.5. The smallest absolute Gasteiger partial charge is 0.248 e. The number of fused-ring (bicyclic) bond motifs is 1. The number of piperidine rings is 1. The Morgan fingerprint density at radius 1 is 0.950 bits per heavy atom. The number of hydrogen-bond acceptors (Lipinski definition) is 6. The van der Waals surface area contributed by atoms with Crippen molar-refractivity contribution in [1.82, 2.24) is 9.21 Å². The van der Waals surface area contributed by atoms with Crippen LogP contribution in [0, 0.1) is 0 Å². The highest BCUT2D eigenvalue weighted by Gasteiger charge is 2.37. The summed E-state index contributed by atoms with van der Waals surface area (Å²) in [5, 5.41) is 11.0. The van der Waals surface area contributed by atoms with Gasteiger partial charge in [-0.1, -0.05) is 54.6 Å². The SMILES string of the molecule is COc1ccc(S(=O)(=O)N2Cc3ccccc3CC2COCC(=O)N2CCC(O)(Cc3ccccc3)CC2)cc1. The van der Waals surface area contributed by atoms with Crippen LogP contribution < -0.4 is 4.74 Å². The lowest BCUT2D eigenvalue weighted by Crippen LogP contribution is -2.49. The van der Waals surface area contributed by atoms with Crippen molar-refractivity contribution < 1.29 is 27.8 Å². The molecule has 0 aliphatic carbocycles. The van der Waals surface area contributed by atoms with Crippen LogP contribution in [-0.4, -0.2) is 73.7 Å². The predicted molar refractivity (Wildman–Crippen MR) is 151 cm³/mol. The number of benzene rings is 3. The van der Waals surface area contributed by atoms with E-state index in [9.17, 15) is 18.3 Å². The van der Waals surface area contributed by atoms with Gasteiger partial charge in [0, 0.05) is 26.1 Å². The molecule has 0 aromatic heterocycles. The number of likely N-dealkylation sites (tertiary alicyclic amines) is 1. The summed E-state index contributed by atoms with van der Waals surface area (Å²) in [4.78, 5) is 14.9. The Morgan fingerprint density at radius 3 is 2.27 bits per heavy atom. The number of carbonyl (C=O) groups is 1. The molecule has 2 aliphatic rings. The number of methoxy groups -OCH3 is 1. The van der Waals surface area contributed by atoms with E-state index >= 15 is 0 Å². The standard InChI is InChI=1S/C31H36N2O6S/c1-38-28-11-13-29(14-12-28)40(36,37)33-21-26-10-6-5-9-25(26)19-27(33)22-39-23-30(34)32-17-15-31(35,16-18-32)20-24-7-3-2-4-8-24/h2-14,27,35H,15-23H2,1H3. The van der Waals surface area contributed by atoms with Crippen molar-refractivity contribution in [2.24, 2.45) is 0 Å². The van der Waals surface area contributed by atoms with Crippen LogP contribution in [0.3, 0.4) is 0 Å². The summed E-state index contributed by atoms with van der Waals surface area (Å²) in [6, 6.07) is 23.6. The first-order chi connectivity index (χ1) is 19.3. The van der Waals surface area contributed by atoms with E-state index in [1.807, 2.05) is 54.6 Å². The molecule has 40 heavy (non-hydrogen) atoms. The number of amides is 1. The van der Waals surface area contributed by atoms with Crippen LogP contribution in [0.15, 0.2) is 83.8 Å². The van der Waals surface area contributed by atoms with E-state index in [2.05, 4.69) is 0 Å². The molecule has 212 valence electrons. The monoisotopic (exact) mass is 564 g/mol. The maximum atomic E-state index is 13.7. The number of hydrogen-bond donors (Lipinski definition) is 1. The maximum absolute atomic E-state index is 13.7. The van der Waals surface area contributed by atoms with Crippen molar-refractivity contribution in [1.29, 1.82) is 0 Å². The number of ether oxygens (including phenoxy) is 2. The third-order valence-electron chi connectivity index (χ3n) is 7.93. The Kier molecular flexibility index (Phi) is 8.56. The minimum Gasteiger partial charge on any atom is -0.497 e. The van der Waals surface area contributed by atoms with Crippen molar-refractivity contribution in [3.8, 4) is 5.75 Å². The lowest BCUT2D eigenvalue weighted by Gasteiger charge is -2.38. The average molecular weight is 565 g/mol. The highest BCUT2D eigenvalue weighted by atomic mass is 32.2. The highest BCUT2D eigenvalue weighted by Crippen LogP contribution is 2.30. The Hall–Kier alpha value is -3.24. The molecule has 0 bridgehead atoms. The van der Waals surface area contributed by atoms with Crippen molar-refractivity contribution in [3.05, 3.63) is 95.6 Å². The van der Waals surface area contributed by atoms with Gasteiger partial charge in [0.05, 0.1) is 30.3 Å². The first-order valence-electron chi connectivity index (χ1n) is 13.6. The molecule has 1 N–H and O–H groups in total. The average Bonchev–Trinajstić information content (AvgIpc) is 2.97. The number of rotatable bonds is 9. The fraction of sp³-hybridized carbons (Fsp3) is 0.387. The molecule has 0 spiro atoms. The summed E-state index contributed by atoms with van der Waals surface area (Å²) in [6.07, 6.45) is 2.06. The zero-order valence-corrected chi connectivity index (χ0v) is 23.6. The molecule has 1 atom stereocenters. The summed E-state index contributed by atoms with van der Waals surface area (Å²) < 4.78 is 39.9. The molecule has 1 amide bonds. The van der Waals surface area contributed by atoms with Gasteiger partial charge in [0.15, 0.2) is 0 Å². The number of nitrogens with zero attached hydrogens (tertiary/aromatic N) is 2. The fourth-order valence-electron chi connectivity index (χ4n) is 5.57. The first kappa shape index (κ1) is 28.3. The number of carbonyl (C=O) groups excluding carboxylic acids is 1. The molecule has 8 nitrogen and oxygen atoms in total. The van der Waals surface area contributed by atoms with Crippen LogP contribution in [0.4, 0.5) is 0 Å². The van der Waals surface area contributed by atoms with Crippen molar-refractivity contribution >= 4 is 15.9 Å². The third-order valence-corrected chi connectivity index (χ3v) is 9.84. The minimum atomic E-state index is -3.81. The van der Waals surface area contributed by atoms with Gasteiger partial charge in [-0.15, -0.1) is 0 Å². The molecule has 1 unspecified atom stereocenters. The fourth-order valence-corrected chi connectivity index (χ4v) is 7.16. The number of aliphatic hydroxyl groups is 1. The van der Waals surface area contributed by atoms with Gasteiger partial charge in [-0.2, -0.15) is 4.31 Å². The maximum Gasteiger partial charge on any atom is 0.248 e. The quantitative estimate of drug-likeness (QED) is 0.428. The molecule has 0 saturated carbocycles. The van der Waals surface area contributed by atoms with Gasteiger partial charge in [-0.25, -0.2) is 8.42 Å². The molecule has 9 heteroatoms. The van der Waals surface area contributed by atoms with Crippen molar-refractivity contribution in [2.75, 3.05) is 33.4 Å². The van der Waals surface area contributed by atoms with E-state index in [0.29, 0.717) is 44.5 Å². The summed E-state index contributed by atoms with van der Waals surface area (Å²) in [5.41, 5.74) is 2.29. The van der Waals surface area contributed by atoms with E-state index in [0.717, 1.165) is 16.7 Å². The summed E-state index contributed by atoms with van der Waals surface area (Å²) in [5.74, 6) is 0.431. The third kappa shape index (κ3) is 6.39. The zero-order chi connectivity index (χ0) is 28.2. The van der Waals surface area contributed by atoms with Crippen LogP contribution in [0.25, 0.3) is 0 Å². The van der Waals surface area contributed by atoms with Gasteiger partial charge in [0.1, 0.15) is 12.4 Å². The van der Waals surface area contributed by atoms with Crippen molar-refractivity contribution in [3.63, 3.8) is 0 Å². The van der Waals surface area contributed by atoms with Gasteiger partial charge in [0.25, 0.3) is 0 Å². The highest BCUT2D eigenvalue weighted by molar-refractivity contribution is 7.89. The van der Waals surface area contributed by atoms with Crippen LogP contribution >= 0.6 is 0 Å². The Labute approximate surface area is 236 Å². The van der Waals surface area contributed by atoms with E-state index < -0.39 is 21.7 Å². The van der Waals surface area contributed by atoms with Gasteiger partial charge in [-0.3, -0.25) is 4.79 Å². The molecule has 3 aromatic rings. The summed E-state index contributed by atoms with van der Waals surface area (Å²) in [6.45, 7) is 1.12. The first-order valence-corrected chi connectivity index (χ1v) is 15.1. The summed E-state index contributed by atoms with van der Waals surface area (Å²) >= 11 is 0. The van der Waals surface area contributed by atoms with E-state index in [4.69, 9.17) is 9.47 Å². The van der Waals surface area contributed by atoms with Gasteiger partial charge in [-0.05, 0) is 60.2 Å². The van der Waals surface area contributed by atoms with Crippen LogP contribution in [0.1, 0.15) is 29.5 Å². The van der Waals surface area contributed by atoms with Gasteiger partial charge in [0.2, 0.25) is 15.9 Å². The Morgan fingerprint density at radius 2 is 1.60 bits per heavy atom. The van der Waals surface area contributed by atoms with Crippen LogP contribution in [0.2, 0.25) is 0 Å². The molecule has 1 saturated heterocycles. The molecule has 5 rings (SSSR count). The van der Waals surface area contributed by atoms with Crippen LogP contribution in [0.5, 0.6) is 5.75 Å². The van der Waals surface area contributed by atoms with E-state index in [1.54, 1.807) is 29.2 Å². The van der Waals surface area contributed by atoms with Crippen molar-refractivity contribution in [2.45, 2.75) is 48.8 Å². The second kappa shape index (κ2) is 12.1. The predicted octanol–water partition coefficient (Wildman–Crippen LogP) is 3.42. The second-order valence-electron chi connectivity index (χ2n) is 10.6. The zero-order valence-electron chi connectivity index (χ0n) is 22.7. The van der Waals surface area contributed by atoms with Crippen LogP contribution in [-0.2, 0) is 38.9 Å². The lowest BCUT2D eigenvalue weighted by molar-refractivity contribution is -0.140. The molecule has 3 aromatic carbocycles. The lowest BCUT2D eigenvalue weighted by atomic mass is 9.85. The van der Waals surface area contributed by atoms with E-state index in [-0.39, 0.29) is 30.6 Å². The summed E-state index contributed by atoms with van der Waals surface area (Å²) in [7, 11) is -2.28. The molecule has 1 fully saturated rings. The van der Waals surface area contributed by atoms with E-state index in [1.165, 1.54) is 11.4 Å². The Balaban J connectivity index is 1.20. The normalized spacial score (nSPS) is 19.1. The molecule has 0 radical (unpaired) electrons. The van der Waals surface area contributed by atoms with Gasteiger partial charge >= 0.3 is 0 Å². The number of sulfonamides is 1.